The Hall–Kier alpha value is -1.10. The molecule has 1 aromatic carbocycles. The number of nitrogens with zero attached hydrogens (tertiary/aromatic N) is 2. The first kappa shape index (κ1) is 9.98. The van der Waals surface area contributed by atoms with E-state index < -0.39 is 4.92 Å². The van der Waals surface area contributed by atoms with Gasteiger partial charge in [-0.05, 0) is 40.3 Å². The van der Waals surface area contributed by atoms with Gasteiger partial charge in [0.25, 0.3) is 5.69 Å². The molecular formula is C7H3BrN2O2S. The van der Waals surface area contributed by atoms with Gasteiger partial charge in [-0.25, -0.2) is 0 Å². The van der Waals surface area contributed by atoms with Crippen LogP contribution in [0, 0.1) is 10.1 Å². The van der Waals surface area contributed by atoms with Crippen LogP contribution in [0.1, 0.15) is 0 Å². The van der Waals surface area contributed by atoms with E-state index in [4.69, 9.17) is 0 Å². The molecule has 0 aliphatic heterocycles. The van der Waals surface area contributed by atoms with Crippen molar-refractivity contribution in [1.82, 2.24) is 0 Å². The van der Waals surface area contributed by atoms with Crippen molar-refractivity contribution in [2.45, 2.75) is 0 Å². The highest BCUT2D eigenvalue weighted by molar-refractivity contribution is 9.10. The number of benzene rings is 1. The van der Waals surface area contributed by atoms with Gasteiger partial charge in [-0.2, -0.15) is 4.99 Å². The van der Waals surface area contributed by atoms with E-state index in [-0.39, 0.29) is 5.69 Å². The van der Waals surface area contributed by atoms with Crippen LogP contribution in [-0.4, -0.2) is 10.1 Å². The highest BCUT2D eigenvalue weighted by Gasteiger charge is 2.11. The standard InChI is InChI=1S/C7H3BrN2O2S/c8-6-2-1-5(9-4-13)3-7(6)10(11)12/h1-3H. The number of hydrogen-bond donors (Lipinski definition) is 0. The molecule has 13 heavy (non-hydrogen) atoms. The number of thiocarbonyl (C=S) groups is 1. The Kier molecular flexibility index (Phi) is 3.25. The fourth-order valence-electron chi connectivity index (χ4n) is 0.763. The number of hydrogen-bond acceptors (Lipinski definition) is 4. The zero-order valence-electron chi connectivity index (χ0n) is 6.23. The molecule has 0 spiro atoms. The topological polar surface area (TPSA) is 55.5 Å². The van der Waals surface area contributed by atoms with E-state index >= 15 is 0 Å². The lowest BCUT2D eigenvalue weighted by Gasteiger charge is -1.95. The second-order valence-corrected chi connectivity index (χ2v) is 3.13. The summed E-state index contributed by atoms with van der Waals surface area (Å²) in [5.74, 6) is 0. The average molecular weight is 259 g/mol. The molecule has 0 atom stereocenters. The van der Waals surface area contributed by atoms with Crippen LogP contribution in [0.15, 0.2) is 27.7 Å². The van der Waals surface area contributed by atoms with Crippen molar-refractivity contribution in [3.63, 3.8) is 0 Å². The Labute approximate surface area is 87.6 Å². The summed E-state index contributed by atoms with van der Waals surface area (Å²) in [7, 11) is 0. The second-order valence-electron chi connectivity index (χ2n) is 2.10. The van der Waals surface area contributed by atoms with Crippen LogP contribution in [-0.2, 0) is 0 Å². The van der Waals surface area contributed by atoms with Crippen molar-refractivity contribution < 1.29 is 4.92 Å². The van der Waals surface area contributed by atoms with Gasteiger partial charge in [0, 0.05) is 6.07 Å². The summed E-state index contributed by atoms with van der Waals surface area (Å²) in [5.41, 5.74) is 0.386. The summed E-state index contributed by atoms with van der Waals surface area (Å²) >= 11 is 7.43. The van der Waals surface area contributed by atoms with Crippen molar-refractivity contribution in [3.8, 4) is 0 Å². The van der Waals surface area contributed by atoms with E-state index in [1.165, 1.54) is 6.07 Å². The summed E-state index contributed by atoms with van der Waals surface area (Å²) in [6, 6.07) is 4.48. The molecule has 4 nitrogen and oxygen atoms in total. The first-order valence-corrected chi connectivity index (χ1v) is 4.37. The lowest BCUT2D eigenvalue weighted by atomic mass is 10.3. The second kappa shape index (κ2) is 4.23. The molecule has 1 rings (SSSR count). The first-order chi connectivity index (χ1) is 6.15. The summed E-state index contributed by atoms with van der Waals surface area (Å²) in [5, 5.41) is 12.6. The number of isothiocyanates is 1. The summed E-state index contributed by atoms with van der Waals surface area (Å²) in [6.07, 6.45) is 0. The Balaban J connectivity index is 3.26. The molecular weight excluding hydrogens is 256 g/mol. The molecule has 0 aliphatic carbocycles. The lowest BCUT2D eigenvalue weighted by Crippen LogP contribution is -1.88. The predicted octanol–water partition coefficient (Wildman–Crippen LogP) is 3.09. The predicted molar refractivity (Wildman–Crippen MR) is 55.5 cm³/mol. The summed E-state index contributed by atoms with van der Waals surface area (Å²) in [4.78, 5) is 13.6. The Bertz CT molecular complexity index is 401. The molecule has 0 N–H and O–H groups in total. The van der Waals surface area contributed by atoms with Gasteiger partial charge in [0.1, 0.15) is 0 Å². The molecule has 0 heterocycles. The lowest BCUT2D eigenvalue weighted by molar-refractivity contribution is -0.385. The van der Waals surface area contributed by atoms with Gasteiger partial charge in [-0.1, -0.05) is 0 Å². The van der Waals surface area contributed by atoms with Crippen LogP contribution < -0.4 is 0 Å². The molecule has 0 amide bonds. The monoisotopic (exact) mass is 258 g/mol. The van der Waals surface area contributed by atoms with E-state index in [0.29, 0.717) is 10.2 Å². The SMILES string of the molecule is O=[N+]([O-])c1cc(N=C=S)ccc1Br. The molecule has 0 bridgehead atoms. The molecule has 0 unspecified atom stereocenters. The molecule has 1 aromatic rings. The van der Waals surface area contributed by atoms with Crippen LogP contribution in [0.4, 0.5) is 11.4 Å². The molecule has 0 fully saturated rings. The average Bonchev–Trinajstić information content (AvgIpc) is 2.08. The summed E-state index contributed by atoms with van der Waals surface area (Å²) in [6.45, 7) is 0. The first-order valence-electron chi connectivity index (χ1n) is 3.17. The smallest absolute Gasteiger partial charge is 0.258 e. The summed E-state index contributed by atoms with van der Waals surface area (Å²) < 4.78 is 0.417. The van der Waals surface area contributed by atoms with Crippen molar-refractivity contribution in [1.29, 1.82) is 0 Å². The largest absolute Gasteiger partial charge is 0.285 e. The number of halogens is 1. The normalized spacial score (nSPS) is 9.00. The maximum Gasteiger partial charge on any atom is 0.285 e. The van der Waals surface area contributed by atoms with Gasteiger partial charge in [0.15, 0.2) is 0 Å². The van der Waals surface area contributed by atoms with Crippen LogP contribution >= 0.6 is 28.1 Å². The molecule has 0 aromatic heterocycles. The maximum atomic E-state index is 10.5. The minimum atomic E-state index is -0.494. The van der Waals surface area contributed by atoms with Crippen LogP contribution in [0.5, 0.6) is 0 Å². The third kappa shape index (κ3) is 2.42. The molecule has 66 valence electrons. The van der Waals surface area contributed by atoms with Gasteiger partial charge >= 0.3 is 0 Å². The van der Waals surface area contributed by atoms with E-state index in [0.717, 1.165) is 0 Å². The Morgan fingerprint density at radius 2 is 2.31 bits per heavy atom. The van der Waals surface area contributed by atoms with Gasteiger partial charge in [0.05, 0.1) is 20.2 Å². The number of nitro benzene ring substituents is 1. The zero-order valence-corrected chi connectivity index (χ0v) is 8.63. The van der Waals surface area contributed by atoms with Gasteiger partial charge in [-0.3, -0.25) is 10.1 Å². The van der Waals surface area contributed by atoms with Gasteiger partial charge in [-0.15, -0.1) is 0 Å². The Morgan fingerprint density at radius 3 is 2.85 bits per heavy atom. The van der Waals surface area contributed by atoms with Crippen LogP contribution in [0.25, 0.3) is 0 Å². The molecule has 0 radical (unpaired) electrons. The van der Waals surface area contributed by atoms with E-state index in [1.807, 2.05) is 0 Å². The highest BCUT2D eigenvalue weighted by atomic mass is 79.9. The van der Waals surface area contributed by atoms with E-state index in [2.05, 4.69) is 38.3 Å². The van der Waals surface area contributed by atoms with Crippen molar-refractivity contribution >= 4 is 44.7 Å². The van der Waals surface area contributed by atoms with Crippen LogP contribution in [0.2, 0.25) is 0 Å². The minimum absolute atomic E-state index is 0.0356. The maximum absolute atomic E-state index is 10.5. The van der Waals surface area contributed by atoms with Crippen LogP contribution in [0.3, 0.4) is 0 Å². The van der Waals surface area contributed by atoms with E-state index in [9.17, 15) is 10.1 Å². The Morgan fingerprint density at radius 1 is 1.62 bits per heavy atom. The molecule has 0 saturated heterocycles. The molecule has 6 heteroatoms. The zero-order chi connectivity index (χ0) is 9.84. The molecule has 0 aliphatic rings. The third-order valence-corrected chi connectivity index (χ3v) is 2.06. The fourth-order valence-corrected chi connectivity index (χ4v) is 1.26. The number of nitro groups is 1. The quantitative estimate of drug-likeness (QED) is 0.355. The number of aliphatic imine (C=N–C) groups is 1. The van der Waals surface area contributed by atoms with Crippen molar-refractivity contribution in [2.24, 2.45) is 4.99 Å². The van der Waals surface area contributed by atoms with Gasteiger partial charge in [0.2, 0.25) is 0 Å². The number of rotatable bonds is 2. The van der Waals surface area contributed by atoms with Gasteiger partial charge < -0.3 is 0 Å². The van der Waals surface area contributed by atoms with Crippen molar-refractivity contribution in [2.75, 3.05) is 0 Å². The fraction of sp³-hybridized carbons (Fsp3) is 0. The van der Waals surface area contributed by atoms with Crippen molar-refractivity contribution in [3.05, 3.63) is 32.8 Å². The molecule has 0 saturated carbocycles. The third-order valence-electron chi connectivity index (χ3n) is 1.30. The van der Waals surface area contributed by atoms with E-state index in [1.54, 1.807) is 12.1 Å². The highest BCUT2D eigenvalue weighted by Crippen LogP contribution is 2.28. The minimum Gasteiger partial charge on any atom is -0.258 e.